The molecule has 3 aliphatic carbocycles. The zero-order valence-electron chi connectivity index (χ0n) is 12.2. The molecule has 2 nitrogen and oxygen atoms in total. The molecule has 4 unspecified atom stereocenters. The fraction of sp³-hybridized carbons (Fsp3) is 0.706. The van der Waals surface area contributed by atoms with Gasteiger partial charge >= 0.3 is 5.24 Å². The molecule has 2 bridgehead atoms. The van der Waals surface area contributed by atoms with Gasteiger partial charge < -0.3 is 9.47 Å². The van der Waals surface area contributed by atoms with Gasteiger partial charge in [0.15, 0.2) is 12.2 Å². The lowest BCUT2D eigenvalue weighted by atomic mass is 9.71. The number of rotatable bonds is 7. The van der Waals surface area contributed by atoms with Crippen LogP contribution in [-0.4, -0.2) is 17.4 Å². The third kappa shape index (κ3) is 2.78. The van der Waals surface area contributed by atoms with Gasteiger partial charge in [-0.3, -0.25) is 0 Å². The second kappa shape index (κ2) is 6.30. The van der Waals surface area contributed by atoms with E-state index in [1.165, 1.54) is 44.9 Å². The maximum Gasteiger partial charge on any atom is 0.353 e. The zero-order chi connectivity index (χ0) is 13.9. The molecule has 0 aromatic rings. The predicted octanol–water partition coefficient (Wildman–Crippen LogP) is 4.55. The molecule has 0 N–H and O–H groups in total. The van der Waals surface area contributed by atoms with Crippen LogP contribution in [0.15, 0.2) is 23.8 Å². The standard InChI is InChI=1S/C17H24O2S/c1-2-3-4-5-6-7-8-12-11-13-9-10-14(12)16-15(13)18-17(20)19-16/h9-11,13-16H,2-8H2,1H3. The summed E-state index contributed by atoms with van der Waals surface area (Å²) in [5, 5.41) is 0.341. The lowest BCUT2D eigenvalue weighted by Gasteiger charge is -2.37. The molecule has 1 heterocycles. The molecule has 0 spiro atoms. The molecule has 4 atom stereocenters. The molecule has 1 fully saturated rings. The van der Waals surface area contributed by atoms with Crippen molar-refractivity contribution in [3.8, 4) is 0 Å². The summed E-state index contributed by atoms with van der Waals surface area (Å²) in [6.07, 6.45) is 16.5. The van der Waals surface area contributed by atoms with E-state index in [2.05, 4.69) is 25.2 Å². The summed E-state index contributed by atoms with van der Waals surface area (Å²) in [4.78, 5) is 0. The first-order chi connectivity index (χ1) is 9.79. The van der Waals surface area contributed by atoms with Crippen molar-refractivity contribution in [3.63, 3.8) is 0 Å². The van der Waals surface area contributed by atoms with Crippen LogP contribution in [0.1, 0.15) is 51.9 Å². The summed E-state index contributed by atoms with van der Waals surface area (Å²) >= 11 is 5.06. The van der Waals surface area contributed by atoms with Crippen molar-refractivity contribution in [2.45, 2.75) is 64.1 Å². The third-order valence-corrected chi connectivity index (χ3v) is 4.91. The smallest absolute Gasteiger partial charge is 0.353 e. The summed E-state index contributed by atoms with van der Waals surface area (Å²) in [6, 6.07) is 0. The van der Waals surface area contributed by atoms with Gasteiger partial charge in [-0.1, -0.05) is 62.8 Å². The Hall–Kier alpha value is -0.830. The van der Waals surface area contributed by atoms with E-state index in [1.54, 1.807) is 5.57 Å². The number of ether oxygens (including phenoxy) is 2. The highest BCUT2D eigenvalue weighted by Gasteiger charge is 2.48. The minimum Gasteiger partial charge on any atom is -0.449 e. The summed E-state index contributed by atoms with van der Waals surface area (Å²) in [5.41, 5.74) is 1.54. The Morgan fingerprint density at radius 2 is 1.75 bits per heavy atom. The Balaban J connectivity index is 1.49. The molecule has 3 heteroatoms. The van der Waals surface area contributed by atoms with Crippen molar-refractivity contribution in [3.05, 3.63) is 23.8 Å². The highest BCUT2D eigenvalue weighted by Crippen LogP contribution is 2.44. The van der Waals surface area contributed by atoms with E-state index in [1.807, 2.05) is 0 Å². The van der Waals surface area contributed by atoms with Crippen molar-refractivity contribution >= 4 is 17.5 Å². The molecule has 0 radical (unpaired) electrons. The zero-order valence-corrected chi connectivity index (χ0v) is 13.0. The average Bonchev–Trinajstić information content (AvgIpc) is 2.86. The maximum absolute atomic E-state index is 5.71. The highest BCUT2D eigenvalue weighted by molar-refractivity contribution is 7.79. The van der Waals surface area contributed by atoms with Gasteiger partial charge in [-0.05, 0) is 12.8 Å². The molecule has 4 aliphatic rings. The van der Waals surface area contributed by atoms with Crippen LogP contribution in [0.4, 0.5) is 0 Å². The maximum atomic E-state index is 5.71. The Bertz CT molecular complexity index is 427. The molecule has 0 aromatic heterocycles. The summed E-state index contributed by atoms with van der Waals surface area (Å²) < 4.78 is 11.3. The van der Waals surface area contributed by atoms with E-state index in [4.69, 9.17) is 21.7 Å². The van der Waals surface area contributed by atoms with Crippen LogP contribution >= 0.6 is 12.2 Å². The van der Waals surface area contributed by atoms with E-state index >= 15 is 0 Å². The van der Waals surface area contributed by atoms with Crippen molar-refractivity contribution in [1.29, 1.82) is 0 Å². The predicted molar refractivity (Wildman–Crippen MR) is 84.5 cm³/mol. The molecule has 0 saturated carbocycles. The van der Waals surface area contributed by atoms with Crippen LogP contribution in [0.5, 0.6) is 0 Å². The fourth-order valence-corrected chi connectivity index (χ4v) is 3.85. The van der Waals surface area contributed by atoms with Crippen LogP contribution in [0.25, 0.3) is 0 Å². The molecule has 0 amide bonds. The van der Waals surface area contributed by atoms with Crippen LogP contribution in [0, 0.1) is 11.8 Å². The Labute approximate surface area is 127 Å². The largest absolute Gasteiger partial charge is 0.449 e. The van der Waals surface area contributed by atoms with Crippen LogP contribution in [-0.2, 0) is 9.47 Å². The quantitative estimate of drug-likeness (QED) is 0.390. The minimum absolute atomic E-state index is 0.130. The van der Waals surface area contributed by atoms with Crippen LogP contribution in [0.3, 0.4) is 0 Å². The molecule has 4 rings (SSSR count). The first-order valence-electron chi connectivity index (χ1n) is 8.06. The molecule has 1 aliphatic heterocycles. The molecule has 110 valence electrons. The van der Waals surface area contributed by atoms with Gasteiger partial charge in [-0.25, -0.2) is 0 Å². The van der Waals surface area contributed by atoms with Crippen LogP contribution in [0.2, 0.25) is 0 Å². The van der Waals surface area contributed by atoms with E-state index in [0.29, 0.717) is 17.1 Å². The van der Waals surface area contributed by atoms with Gasteiger partial charge in [0.1, 0.15) is 0 Å². The monoisotopic (exact) mass is 292 g/mol. The second-order valence-electron chi connectivity index (χ2n) is 6.16. The van der Waals surface area contributed by atoms with E-state index in [9.17, 15) is 0 Å². The number of thiocarbonyl (C=S) groups is 1. The Kier molecular flexibility index (Phi) is 4.45. The average molecular weight is 292 g/mol. The van der Waals surface area contributed by atoms with Crippen molar-refractivity contribution in [2.75, 3.05) is 0 Å². The Morgan fingerprint density at radius 3 is 2.60 bits per heavy atom. The SMILES string of the molecule is CCCCCCCCC1=CC2C=CC1C1OC(=S)OC21. The van der Waals surface area contributed by atoms with Crippen molar-refractivity contribution < 1.29 is 9.47 Å². The first-order valence-corrected chi connectivity index (χ1v) is 8.46. The van der Waals surface area contributed by atoms with Gasteiger partial charge in [0.2, 0.25) is 0 Å². The molecule has 0 aromatic carbocycles. The second-order valence-corrected chi connectivity index (χ2v) is 6.50. The summed E-state index contributed by atoms with van der Waals surface area (Å²) in [7, 11) is 0. The fourth-order valence-electron chi connectivity index (χ4n) is 3.63. The number of hydrogen-bond donors (Lipinski definition) is 0. The van der Waals surface area contributed by atoms with Crippen LogP contribution < -0.4 is 0 Å². The molecular weight excluding hydrogens is 268 g/mol. The summed E-state index contributed by atoms with van der Waals surface area (Å²) in [6.45, 7) is 2.26. The van der Waals surface area contributed by atoms with Gasteiger partial charge in [0.25, 0.3) is 0 Å². The van der Waals surface area contributed by atoms with Gasteiger partial charge in [-0.15, -0.1) is 0 Å². The number of unbranched alkanes of at least 4 members (excludes halogenated alkanes) is 5. The third-order valence-electron chi connectivity index (χ3n) is 4.72. The topological polar surface area (TPSA) is 18.5 Å². The van der Waals surface area contributed by atoms with Crippen molar-refractivity contribution in [1.82, 2.24) is 0 Å². The first kappa shape index (κ1) is 14.1. The minimum atomic E-state index is 0.130. The highest BCUT2D eigenvalue weighted by atomic mass is 32.1. The van der Waals surface area contributed by atoms with Gasteiger partial charge in [-0.2, -0.15) is 0 Å². The molecule has 1 saturated heterocycles. The van der Waals surface area contributed by atoms with Gasteiger partial charge in [0.05, 0.1) is 0 Å². The summed E-state index contributed by atoms with van der Waals surface area (Å²) in [5.74, 6) is 0.752. The van der Waals surface area contributed by atoms with E-state index in [0.717, 1.165) is 0 Å². The van der Waals surface area contributed by atoms with Crippen molar-refractivity contribution in [2.24, 2.45) is 11.8 Å². The molecule has 20 heavy (non-hydrogen) atoms. The lowest BCUT2D eigenvalue weighted by Crippen LogP contribution is -2.42. The lowest BCUT2D eigenvalue weighted by molar-refractivity contribution is 0.0895. The van der Waals surface area contributed by atoms with E-state index in [-0.39, 0.29) is 12.2 Å². The van der Waals surface area contributed by atoms with Gasteiger partial charge in [0, 0.05) is 24.1 Å². The molecular formula is C17H24O2S. The Morgan fingerprint density at radius 1 is 1.00 bits per heavy atom. The van der Waals surface area contributed by atoms with E-state index < -0.39 is 0 Å². The normalized spacial score (nSPS) is 33.6. The number of hydrogen-bond acceptors (Lipinski definition) is 3.